The second-order valence-electron chi connectivity index (χ2n) is 3.77. The average Bonchev–Trinajstić information content (AvgIpc) is 3.04. The smallest absolute Gasteiger partial charge is 0.221 e. The highest BCUT2D eigenvalue weighted by atomic mass is 16.6. The molecule has 1 aromatic carbocycles. The zero-order chi connectivity index (χ0) is 11.4. The van der Waals surface area contributed by atoms with E-state index < -0.39 is 0 Å². The molecule has 1 fully saturated rings. The van der Waals surface area contributed by atoms with Gasteiger partial charge in [0, 0.05) is 13.3 Å². The molecule has 0 unspecified atom stereocenters. The van der Waals surface area contributed by atoms with Gasteiger partial charge in [0.25, 0.3) is 0 Å². The molecule has 1 amide bonds. The number of benzene rings is 1. The first-order valence-electron chi connectivity index (χ1n) is 5.37. The van der Waals surface area contributed by atoms with Crippen LogP contribution in [-0.2, 0) is 9.53 Å². The lowest BCUT2D eigenvalue weighted by Crippen LogP contribution is -2.08. The molecule has 1 N–H and O–H groups in total. The maximum Gasteiger partial charge on any atom is 0.221 e. The van der Waals surface area contributed by atoms with E-state index in [-0.39, 0.29) is 5.91 Å². The highest BCUT2D eigenvalue weighted by molar-refractivity contribution is 5.90. The number of para-hydroxylation sites is 2. The Morgan fingerprint density at radius 2 is 2.31 bits per heavy atom. The highest BCUT2D eigenvalue weighted by Crippen LogP contribution is 2.24. The number of hydrogen-bond donors (Lipinski definition) is 1. The minimum absolute atomic E-state index is 0.0958. The summed E-state index contributed by atoms with van der Waals surface area (Å²) in [6, 6.07) is 7.42. The fraction of sp³-hybridized carbons (Fsp3) is 0.417. The summed E-state index contributed by atoms with van der Waals surface area (Å²) in [6.07, 6.45) is 1.27. The fourth-order valence-corrected chi connectivity index (χ4v) is 1.42. The number of carbonyl (C=O) groups is 1. The molecule has 2 rings (SSSR count). The van der Waals surface area contributed by atoms with Gasteiger partial charge in [-0.05, 0) is 12.1 Å². The van der Waals surface area contributed by atoms with Crippen molar-refractivity contribution in [3.05, 3.63) is 24.3 Å². The monoisotopic (exact) mass is 221 g/mol. The number of anilines is 1. The number of amides is 1. The Hall–Kier alpha value is -1.55. The predicted octanol–water partition coefficient (Wildman–Crippen LogP) is 1.81. The van der Waals surface area contributed by atoms with Gasteiger partial charge in [0.1, 0.15) is 5.75 Å². The Labute approximate surface area is 94.6 Å². The van der Waals surface area contributed by atoms with E-state index in [1.807, 2.05) is 24.3 Å². The van der Waals surface area contributed by atoms with E-state index >= 15 is 0 Å². The Morgan fingerprint density at radius 3 is 3.00 bits per heavy atom. The first kappa shape index (κ1) is 11.0. The summed E-state index contributed by atoms with van der Waals surface area (Å²) in [5.74, 6) is 0.611. The van der Waals surface area contributed by atoms with Crippen molar-refractivity contribution in [3.63, 3.8) is 0 Å². The quantitative estimate of drug-likeness (QED) is 0.771. The van der Waals surface area contributed by atoms with Crippen molar-refractivity contribution >= 4 is 11.6 Å². The van der Waals surface area contributed by atoms with E-state index in [9.17, 15) is 4.79 Å². The third-order valence-electron chi connectivity index (χ3n) is 2.30. The van der Waals surface area contributed by atoms with E-state index in [1.54, 1.807) is 0 Å². The van der Waals surface area contributed by atoms with Gasteiger partial charge < -0.3 is 14.8 Å². The summed E-state index contributed by atoms with van der Waals surface area (Å²) < 4.78 is 10.7. The predicted molar refractivity (Wildman–Crippen MR) is 60.6 cm³/mol. The molecule has 1 aromatic rings. The molecule has 0 bridgehead atoms. The molecule has 86 valence electrons. The zero-order valence-corrected chi connectivity index (χ0v) is 9.23. The first-order chi connectivity index (χ1) is 7.75. The maximum absolute atomic E-state index is 11.0. The van der Waals surface area contributed by atoms with Crippen LogP contribution in [0.2, 0.25) is 0 Å². The lowest BCUT2D eigenvalue weighted by Gasteiger charge is -2.10. The third-order valence-corrected chi connectivity index (χ3v) is 2.30. The molecule has 0 spiro atoms. The fourth-order valence-electron chi connectivity index (χ4n) is 1.42. The molecule has 1 aliphatic heterocycles. The minimum atomic E-state index is -0.0958. The van der Waals surface area contributed by atoms with Crippen LogP contribution in [0.1, 0.15) is 13.3 Å². The third kappa shape index (κ3) is 3.24. The van der Waals surface area contributed by atoms with Crippen LogP contribution in [0.5, 0.6) is 5.75 Å². The number of ether oxygens (including phenoxy) is 2. The van der Waals surface area contributed by atoms with Crippen molar-refractivity contribution < 1.29 is 14.3 Å². The Balaban J connectivity index is 1.91. The molecular weight excluding hydrogens is 206 g/mol. The van der Waals surface area contributed by atoms with Crippen LogP contribution >= 0.6 is 0 Å². The molecule has 16 heavy (non-hydrogen) atoms. The number of epoxide rings is 1. The van der Waals surface area contributed by atoms with Crippen LogP contribution in [0.4, 0.5) is 5.69 Å². The van der Waals surface area contributed by atoms with Crippen molar-refractivity contribution in [2.45, 2.75) is 19.4 Å². The number of carbonyl (C=O) groups excluding carboxylic acids is 1. The summed E-state index contributed by atoms with van der Waals surface area (Å²) in [6.45, 7) is 2.94. The standard InChI is InChI=1S/C12H15NO3/c1-9(14)13-11-4-2-3-5-12(11)15-7-6-10-8-16-10/h2-5,10H,6-8H2,1H3,(H,13,14)/t10-/m1/s1. The summed E-state index contributed by atoms with van der Waals surface area (Å²) in [5.41, 5.74) is 0.715. The number of hydrogen-bond acceptors (Lipinski definition) is 3. The largest absolute Gasteiger partial charge is 0.491 e. The highest BCUT2D eigenvalue weighted by Gasteiger charge is 2.21. The number of rotatable bonds is 5. The van der Waals surface area contributed by atoms with Crippen molar-refractivity contribution in [2.24, 2.45) is 0 Å². The lowest BCUT2D eigenvalue weighted by molar-refractivity contribution is -0.114. The van der Waals surface area contributed by atoms with Crippen LogP contribution < -0.4 is 10.1 Å². The van der Waals surface area contributed by atoms with E-state index in [2.05, 4.69) is 5.32 Å². The van der Waals surface area contributed by atoms with Gasteiger partial charge in [-0.2, -0.15) is 0 Å². The number of nitrogens with one attached hydrogen (secondary N) is 1. The van der Waals surface area contributed by atoms with Crippen LogP contribution in [0.3, 0.4) is 0 Å². The first-order valence-corrected chi connectivity index (χ1v) is 5.37. The summed E-state index contributed by atoms with van der Waals surface area (Å²) in [4.78, 5) is 11.0. The lowest BCUT2D eigenvalue weighted by atomic mass is 10.3. The molecule has 4 nitrogen and oxygen atoms in total. The van der Waals surface area contributed by atoms with Crippen LogP contribution in [0.15, 0.2) is 24.3 Å². The molecule has 1 atom stereocenters. The second-order valence-corrected chi connectivity index (χ2v) is 3.77. The van der Waals surface area contributed by atoms with Crippen LogP contribution in [-0.4, -0.2) is 25.2 Å². The Bertz CT molecular complexity index is 374. The zero-order valence-electron chi connectivity index (χ0n) is 9.23. The summed E-state index contributed by atoms with van der Waals surface area (Å²) >= 11 is 0. The van der Waals surface area contributed by atoms with Gasteiger partial charge >= 0.3 is 0 Å². The molecule has 0 saturated carbocycles. The molecular formula is C12H15NO3. The van der Waals surface area contributed by atoms with Crippen molar-refractivity contribution in [1.29, 1.82) is 0 Å². The van der Waals surface area contributed by atoms with Gasteiger partial charge in [-0.25, -0.2) is 0 Å². The minimum Gasteiger partial charge on any atom is -0.491 e. The second kappa shape index (κ2) is 4.99. The maximum atomic E-state index is 11.0. The van der Waals surface area contributed by atoms with Gasteiger partial charge in [0.2, 0.25) is 5.91 Å². The van der Waals surface area contributed by atoms with E-state index in [1.165, 1.54) is 6.92 Å². The normalized spacial score (nSPS) is 17.9. The molecule has 1 saturated heterocycles. The van der Waals surface area contributed by atoms with Crippen molar-refractivity contribution in [3.8, 4) is 5.75 Å². The van der Waals surface area contributed by atoms with Crippen molar-refractivity contribution in [2.75, 3.05) is 18.5 Å². The van der Waals surface area contributed by atoms with Crippen molar-refractivity contribution in [1.82, 2.24) is 0 Å². The summed E-state index contributed by atoms with van der Waals surface area (Å²) in [5, 5.41) is 2.73. The molecule has 0 radical (unpaired) electrons. The van der Waals surface area contributed by atoms with Gasteiger partial charge in [-0.1, -0.05) is 12.1 Å². The topological polar surface area (TPSA) is 50.9 Å². The molecule has 1 heterocycles. The Morgan fingerprint density at radius 1 is 1.56 bits per heavy atom. The molecule has 1 aliphatic rings. The average molecular weight is 221 g/mol. The SMILES string of the molecule is CC(=O)Nc1ccccc1OCC[C@@H]1CO1. The van der Waals surface area contributed by atoms with Crippen LogP contribution in [0.25, 0.3) is 0 Å². The van der Waals surface area contributed by atoms with E-state index in [4.69, 9.17) is 9.47 Å². The van der Waals surface area contributed by atoms with Gasteiger partial charge in [-0.3, -0.25) is 4.79 Å². The van der Waals surface area contributed by atoms with Crippen LogP contribution in [0, 0.1) is 0 Å². The van der Waals surface area contributed by atoms with E-state index in [0.717, 1.165) is 13.0 Å². The Kier molecular flexibility index (Phi) is 3.41. The molecule has 4 heteroatoms. The molecule has 0 aromatic heterocycles. The van der Waals surface area contributed by atoms with Gasteiger partial charge in [0.05, 0.1) is 25.0 Å². The molecule has 0 aliphatic carbocycles. The summed E-state index contributed by atoms with van der Waals surface area (Å²) in [7, 11) is 0. The van der Waals surface area contributed by atoms with Gasteiger partial charge in [-0.15, -0.1) is 0 Å². The van der Waals surface area contributed by atoms with E-state index in [0.29, 0.717) is 24.1 Å². The van der Waals surface area contributed by atoms with Gasteiger partial charge in [0.15, 0.2) is 0 Å².